The molecular weight excluding hydrogens is 584 g/mol. The van der Waals surface area contributed by atoms with E-state index in [1.165, 1.54) is 63.4 Å². The van der Waals surface area contributed by atoms with E-state index in [1.54, 1.807) is 6.07 Å². The highest BCUT2D eigenvalue weighted by Gasteiger charge is 2.56. The molecule has 1 aromatic heterocycles. The molecule has 5 aliphatic carbocycles. The maximum absolute atomic E-state index is 12.9. The SMILES string of the molecule is CC(C)CCC[C@H](C)[C@H]1CC[C@H]2[C@H]3CC=C4C[C@H](OC(=O)COc5ccc6c7c(c(=O)oc6c5)CCC7)CC[C@]4(C)[C@@H]3CC[C@]2(C)C1. The summed E-state index contributed by atoms with van der Waals surface area (Å²) in [6, 6.07) is 5.54. The third-order valence-corrected chi connectivity index (χ3v) is 14.0. The molecule has 1 aromatic carbocycles. The van der Waals surface area contributed by atoms with Crippen LogP contribution in [-0.4, -0.2) is 18.7 Å². The van der Waals surface area contributed by atoms with E-state index in [0.717, 1.165) is 90.5 Å². The summed E-state index contributed by atoms with van der Waals surface area (Å²) in [4.78, 5) is 25.3. The van der Waals surface area contributed by atoms with E-state index < -0.39 is 0 Å². The number of allylic oxidation sites excluding steroid dienone is 1. The molecule has 1 heterocycles. The van der Waals surface area contributed by atoms with Crippen molar-refractivity contribution in [2.75, 3.05) is 6.61 Å². The second kappa shape index (κ2) is 13.0. The van der Waals surface area contributed by atoms with Crippen LogP contribution in [-0.2, 0) is 22.4 Å². The van der Waals surface area contributed by atoms with Crippen molar-refractivity contribution in [1.82, 2.24) is 0 Å². The van der Waals surface area contributed by atoms with Crippen LogP contribution in [0.2, 0.25) is 0 Å². The molecule has 0 radical (unpaired) electrons. The molecule has 3 saturated carbocycles. The first-order valence-electron chi connectivity index (χ1n) is 19.1. The van der Waals surface area contributed by atoms with Gasteiger partial charge in [-0.05, 0) is 135 Å². The highest BCUT2D eigenvalue weighted by Crippen LogP contribution is 2.65. The molecule has 0 unspecified atom stereocenters. The molecule has 0 bridgehead atoms. The first-order chi connectivity index (χ1) is 22.5. The Morgan fingerprint density at radius 3 is 2.66 bits per heavy atom. The smallest absolute Gasteiger partial charge is 0.344 e. The number of carbonyl (C=O) groups is 1. The first-order valence-corrected chi connectivity index (χ1v) is 19.1. The summed E-state index contributed by atoms with van der Waals surface area (Å²) in [5, 5.41) is 0.970. The average molecular weight is 643 g/mol. The lowest BCUT2D eigenvalue weighted by Crippen LogP contribution is -2.52. The molecule has 0 amide bonds. The van der Waals surface area contributed by atoms with Gasteiger partial charge in [-0.2, -0.15) is 0 Å². The molecule has 0 spiro atoms. The van der Waals surface area contributed by atoms with Gasteiger partial charge in [-0.15, -0.1) is 0 Å². The molecule has 47 heavy (non-hydrogen) atoms. The minimum Gasteiger partial charge on any atom is -0.482 e. The zero-order valence-electron chi connectivity index (χ0n) is 29.7. The largest absolute Gasteiger partial charge is 0.482 e. The minimum absolute atomic E-state index is 0.0827. The monoisotopic (exact) mass is 642 g/mol. The minimum atomic E-state index is -0.327. The average Bonchev–Trinajstić information content (AvgIpc) is 3.54. The Bertz CT molecular complexity index is 1570. The van der Waals surface area contributed by atoms with E-state index in [0.29, 0.717) is 16.7 Å². The van der Waals surface area contributed by atoms with Crippen LogP contribution in [0.3, 0.4) is 0 Å². The van der Waals surface area contributed by atoms with Crippen molar-refractivity contribution in [3.63, 3.8) is 0 Å². The number of aryl methyl sites for hydroxylation is 1. The second-order valence-corrected chi connectivity index (χ2v) is 17.3. The van der Waals surface area contributed by atoms with Crippen molar-refractivity contribution in [1.29, 1.82) is 0 Å². The van der Waals surface area contributed by atoms with Gasteiger partial charge in [-0.3, -0.25) is 0 Å². The van der Waals surface area contributed by atoms with Crippen molar-refractivity contribution in [2.45, 2.75) is 137 Å². The Labute approximate surface area is 282 Å². The van der Waals surface area contributed by atoms with Gasteiger partial charge in [0.05, 0.1) is 0 Å². The number of fused-ring (bicyclic) bond motifs is 8. The van der Waals surface area contributed by atoms with Crippen LogP contribution in [0.4, 0.5) is 0 Å². The maximum atomic E-state index is 12.9. The first kappa shape index (κ1) is 33.0. The lowest BCUT2D eigenvalue weighted by Gasteiger charge is -2.61. The zero-order valence-corrected chi connectivity index (χ0v) is 29.7. The third kappa shape index (κ3) is 6.34. The molecule has 0 aliphatic heterocycles. The maximum Gasteiger partial charge on any atom is 0.344 e. The number of esters is 1. The predicted molar refractivity (Wildman–Crippen MR) is 188 cm³/mol. The quantitative estimate of drug-likeness (QED) is 0.155. The lowest BCUT2D eigenvalue weighted by atomic mass is 9.44. The van der Waals surface area contributed by atoms with Gasteiger partial charge < -0.3 is 13.9 Å². The summed E-state index contributed by atoms with van der Waals surface area (Å²) in [5.74, 6) is 5.20. The number of carbonyl (C=O) groups excluding carboxylic acids is 1. The van der Waals surface area contributed by atoms with Crippen molar-refractivity contribution in [2.24, 2.45) is 46.3 Å². The fourth-order valence-electron chi connectivity index (χ4n) is 11.3. The molecule has 2 aromatic rings. The molecule has 0 saturated heterocycles. The number of benzene rings is 1. The topological polar surface area (TPSA) is 65.7 Å². The van der Waals surface area contributed by atoms with Gasteiger partial charge in [0.1, 0.15) is 17.4 Å². The lowest BCUT2D eigenvalue weighted by molar-refractivity contribution is -0.154. The van der Waals surface area contributed by atoms with Crippen LogP contribution in [0.25, 0.3) is 11.0 Å². The van der Waals surface area contributed by atoms with Crippen LogP contribution in [0.1, 0.15) is 129 Å². The van der Waals surface area contributed by atoms with Crippen LogP contribution in [0.15, 0.2) is 39.1 Å². The molecule has 3 fully saturated rings. The highest BCUT2D eigenvalue weighted by molar-refractivity contribution is 5.83. The summed E-state index contributed by atoms with van der Waals surface area (Å²) in [5.41, 5.74) is 4.46. The normalized spacial score (nSPS) is 33.7. The molecule has 256 valence electrons. The Hall–Kier alpha value is -2.56. The Morgan fingerprint density at radius 1 is 1.00 bits per heavy atom. The molecular formula is C42H58O5. The molecule has 5 aliphatic rings. The van der Waals surface area contributed by atoms with Gasteiger partial charge in [0.25, 0.3) is 0 Å². The number of hydrogen-bond donors (Lipinski definition) is 0. The third-order valence-electron chi connectivity index (χ3n) is 14.0. The van der Waals surface area contributed by atoms with Crippen molar-refractivity contribution >= 4 is 16.9 Å². The summed E-state index contributed by atoms with van der Waals surface area (Å²) >= 11 is 0. The standard InChI is InChI=1S/C42H58O5/c1-26(2)8-6-9-27(3)28-12-17-36-35-15-13-29-22-31(18-21-42(29,5)37(35)19-20-41(36,4)24-28)46-39(43)25-45-30-14-16-33-32-10-7-11-34(32)40(44)47-38(33)23-30/h13-14,16,23,26-28,31,35-37H,6-12,15,17-22,24-25H2,1-5H3/t27-,28-,31+,35+,36-,37+,41+,42-/m0/s1. The van der Waals surface area contributed by atoms with Gasteiger partial charge in [0.2, 0.25) is 0 Å². The van der Waals surface area contributed by atoms with E-state index in [9.17, 15) is 9.59 Å². The second-order valence-electron chi connectivity index (χ2n) is 17.3. The van der Waals surface area contributed by atoms with Crippen molar-refractivity contribution in [3.05, 3.63) is 51.4 Å². The summed E-state index contributed by atoms with van der Waals surface area (Å²) in [7, 11) is 0. The van der Waals surface area contributed by atoms with Crippen LogP contribution >= 0.6 is 0 Å². The summed E-state index contributed by atoms with van der Waals surface area (Å²) < 4.78 is 17.4. The Kier molecular flexibility index (Phi) is 9.15. The van der Waals surface area contributed by atoms with Crippen molar-refractivity contribution in [3.8, 4) is 5.75 Å². The van der Waals surface area contributed by atoms with E-state index in [2.05, 4.69) is 40.7 Å². The van der Waals surface area contributed by atoms with Crippen LogP contribution in [0, 0.1) is 46.3 Å². The van der Waals surface area contributed by atoms with Gasteiger partial charge in [-0.1, -0.05) is 65.5 Å². The molecule has 7 rings (SSSR count). The van der Waals surface area contributed by atoms with Gasteiger partial charge >= 0.3 is 11.6 Å². The van der Waals surface area contributed by atoms with Gasteiger partial charge in [-0.25, -0.2) is 9.59 Å². The van der Waals surface area contributed by atoms with Crippen molar-refractivity contribution < 1.29 is 18.7 Å². The van der Waals surface area contributed by atoms with E-state index >= 15 is 0 Å². The Morgan fingerprint density at radius 2 is 1.83 bits per heavy atom. The number of hydrogen-bond acceptors (Lipinski definition) is 5. The van der Waals surface area contributed by atoms with Gasteiger partial charge in [0, 0.05) is 23.4 Å². The van der Waals surface area contributed by atoms with Crippen LogP contribution < -0.4 is 10.4 Å². The number of ether oxygens (including phenoxy) is 2. The molecule has 8 atom stereocenters. The van der Waals surface area contributed by atoms with E-state index in [1.807, 2.05) is 12.1 Å². The fraction of sp³-hybridized carbons (Fsp3) is 0.714. The van der Waals surface area contributed by atoms with E-state index in [4.69, 9.17) is 13.9 Å². The zero-order chi connectivity index (χ0) is 32.9. The summed E-state index contributed by atoms with van der Waals surface area (Å²) in [6.45, 7) is 12.3. The van der Waals surface area contributed by atoms with Crippen LogP contribution in [0.5, 0.6) is 5.75 Å². The molecule has 5 nitrogen and oxygen atoms in total. The van der Waals surface area contributed by atoms with Gasteiger partial charge in [0.15, 0.2) is 6.61 Å². The van der Waals surface area contributed by atoms with E-state index in [-0.39, 0.29) is 29.7 Å². The Balaban J connectivity index is 0.940. The number of rotatable bonds is 9. The fourth-order valence-corrected chi connectivity index (χ4v) is 11.3. The molecule has 5 heteroatoms. The molecule has 0 N–H and O–H groups in total. The predicted octanol–water partition coefficient (Wildman–Crippen LogP) is 10.0. The highest BCUT2D eigenvalue weighted by atomic mass is 16.6. The summed E-state index contributed by atoms with van der Waals surface area (Å²) in [6.07, 6.45) is 20.4.